The highest BCUT2D eigenvalue weighted by molar-refractivity contribution is 6.48. The Morgan fingerprint density at radius 3 is 1.85 bits per heavy atom. The maximum atomic E-state index is 11.5. The Hall–Kier alpha value is -1.41. The van der Waals surface area contributed by atoms with Crippen LogP contribution in [0.25, 0.3) is 0 Å². The van der Waals surface area contributed by atoms with Gasteiger partial charge in [-0.25, -0.2) is 0 Å². The topological polar surface area (TPSA) is 74.2 Å². The zero-order valence-corrected chi connectivity index (χ0v) is 17.2. The molecule has 0 spiro atoms. The van der Waals surface area contributed by atoms with Crippen LogP contribution in [0.2, 0.25) is 0 Å². The molecule has 27 heavy (non-hydrogen) atoms. The van der Waals surface area contributed by atoms with E-state index >= 15 is 0 Å². The van der Waals surface area contributed by atoms with Gasteiger partial charge in [0, 0.05) is 24.6 Å². The first-order chi connectivity index (χ1) is 12.6. The monoisotopic (exact) mass is 378 g/mol. The zero-order chi connectivity index (χ0) is 20.2. The maximum Gasteiger partial charge on any atom is 0.466 e. The summed E-state index contributed by atoms with van der Waals surface area (Å²) in [6.45, 7) is 12.8. The van der Waals surface area contributed by atoms with Gasteiger partial charge in [0.05, 0.1) is 17.6 Å². The van der Waals surface area contributed by atoms with E-state index in [1.54, 1.807) is 0 Å². The van der Waals surface area contributed by atoms with Crippen LogP contribution in [0.1, 0.15) is 71.2 Å². The minimum atomic E-state index is -0.889. The van der Waals surface area contributed by atoms with E-state index in [4.69, 9.17) is 18.8 Å². The predicted molar refractivity (Wildman–Crippen MR) is 104 cm³/mol. The lowest BCUT2D eigenvalue weighted by atomic mass is 9.66. The van der Waals surface area contributed by atoms with Crippen molar-refractivity contribution in [2.75, 3.05) is 13.2 Å². The van der Waals surface area contributed by atoms with Gasteiger partial charge in [0.25, 0.3) is 0 Å². The molecule has 6 nitrogen and oxygen atoms in total. The zero-order valence-electron chi connectivity index (χ0n) is 17.2. The Morgan fingerprint density at radius 1 is 1.00 bits per heavy atom. The largest absolute Gasteiger partial charge is 0.481 e. The standard InChI is InChI=1S/C20H31BO6/c1-7-24-18(25-8-2)15-11-9-14(10-12-15)16(13-17(22)23)21-26-19(3,4)20(5,6)27-21/h9-12,16,18H,7-8,13H2,1-6H3,(H,22,23). The van der Waals surface area contributed by atoms with Gasteiger partial charge in [-0.2, -0.15) is 0 Å². The minimum absolute atomic E-state index is 0.0729. The summed E-state index contributed by atoms with van der Waals surface area (Å²) < 4.78 is 23.4. The second-order valence-electron chi connectivity index (χ2n) is 7.74. The highest BCUT2D eigenvalue weighted by Gasteiger charge is 2.54. The second-order valence-corrected chi connectivity index (χ2v) is 7.74. The van der Waals surface area contributed by atoms with Gasteiger partial charge in [0.1, 0.15) is 0 Å². The smallest absolute Gasteiger partial charge is 0.466 e. The Morgan fingerprint density at radius 2 is 1.44 bits per heavy atom. The molecule has 7 heteroatoms. The summed E-state index contributed by atoms with van der Waals surface area (Å²) in [5.74, 6) is -1.30. The van der Waals surface area contributed by atoms with Crippen LogP contribution in [0.3, 0.4) is 0 Å². The van der Waals surface area contributed by atoms with Gasteiger partial charge < -0.3 is 23.9 Å². The predicted octanol–water partition coefficient (Wildman–Crippen LogP) is 3.95. The lowest BCUT2D eigenvalue weighted by Crippen LogP contribution is -2.41. The quantitative estimate of drug-likeness (QED) is 0.518. The summed E-state index contributed by atoms with van der Waals surface area (Å²) in [6, 6.07) is 7.62. The number of aliphatic carboxylic acids is 1. The number of hydrogen-bond donors (Lipinski definition) is 1. The van der Waals surface area contributed by atoms with Crippen LogP contribution in [0, 0.1) is 0 Å². The van der Waals surface area contributed by atoms with Gasteiger partial charge in [-0.15, -0.1) is 0 Å². The van der Waals surface area contributed by atoms with Gasteiger partial charge in [-0.05, 0) is 47.1 Å². The Kier molecular flexibility index (Phi) is 7.08. The van der Waals surface area contributed by atoms with E-state index in [1.807, 2.05) is 65.8 Å². The third kappa shape index (κ3) is 5.10. The molecule has 0 aliphatic carbocycles. The summed E-state index contributed by atoms with van der Waals surface area (Å²) in [7, 11) is -0.619. The Balaban J connectivity index is 2.26. The first-order valence-electron chi connectivity index (χ1n) is 9.51. The molecule has 1 aliphatic rings. The molecule has 0 saturated carbocycles. The molecule has 1 atom stereocenters. The van der Waals surface area contributed by atoms with Crippen molar-refractivity contribution in [2.45, 2.75) is 71.3 Å². The molecular weight excluding hydrogens is 347 g/mol. The maximum absolute atomic E-state index is 11.5. The van der Waals surface area contributed by atoms with E-state index in [0.29, 0.717) is 13.2 Å². The molecule has 1 aromatic carbocycles. The molecule has 0 amide bonds. The summed E-state index contributed by atoms with van der Waals surface area (Å²) in [5, 5.41) is 9.40. The highest BCUT2D eigenvalue weighted by atomic mass is 16.7. The van der Waals surface area contributed by atoms with E-state index in [0.717, 1.165) is 11.1 Å². The lowest BCUT2D eigenvalue weighted by Gasteiger charge is -2.32. The van der Waals surface area contributed by atoms with E-state index in [1.165, 1.54) is 0 Å². The highest BCUT2D eigenvalue weighted by Crippen LogP contribution is 2.41. The molecule has 1 fully saturated rings. The fourth-order valence-electron chi connectivity index (χ4n) is 3.06. The first-order valence-corrected chi connectivity index (χ1v) is 9.51. The molecule has 2 rings (SSSR count). The molecule has 0 aromatic heterocycles. The molecule has 0 radical (unpaired) electrons. The molecule has 1 aromatic rings. The molecule has 1 saturated heterocycles. The van der Waals surface area contributed by atoms with Crippen molar-refractivity contribution in [2.24, 2.45) is 0 Å². The second kappa shape index (κ2) is 8.73. The number of benzene rings is 1. The summed E-state index contributed by atoms with van der Waals surface area (Å²) in [6.07, 6.45) is -0.500. The van der Waals surface area contributed by atoms with Crippen molar-refractivity contribution in [1.29, 1.82) is 0 Å². The summed E-state index contributed by atoms with van der Waals surface area (Å²) in [5.41, 5.74) is 0.726. The van der Waals surface area contributed by atoms with Crippen LogP contribution < -0.4 is 0 Å². The van der Waals surface area contributed by atoms with Crippen molar-refractivity contribution in [3.8, 4) is 0 Å². The van der Waals surface area contributed by atoms with Crippen LogP contribution >= 0.6 is 0 Å². The molecule has 1 heterocycles. The molecule has 1 N–H and O–H groups in total. The van der Waals surface area contributed by atoms with Crippen LogP contribution in [-0.2, 0) is 23.6 Å². The van der Waals surface area contributed by atoms with E-state index in [2.05, 4.69) is 0 Å². The van der Waals surface area contributed by atoms with Crippen LogP contribution in [-0.4, -0.2) is 42.6 Å². The van der Waals surface area contributed by atoms with Crippen LogP contribution in [0.15, 0.2) is 24.3 Å². The van der Waals surface area contributed by atoms with Gasteiger partial charge in [0.15, 0.2) is 6.29 Å². The average molecular weight is 378 g/mol. The van der Waals surface area contributed by atoms with Crippen molar-refractivity contribution < 1.29 is 28.7 Å². The Labute approximate surface area is 162 Å². The van der Waals surface area contributed by atoms with Crippen molar-refractivity contribution >= 4 is 13.1 Å². The van der Waals surface area contributed by atoms with Crippen molar-refractivity contribution in [3.05, 3.63) is 35.4 Å². The van der Waals surface area contributed by atoms with Crippen molar-refractivity contribution in [3.63, 3.8) is 0 Å². The number of carboxylic acids is 1. The number of ether oxygens (including phenoxy) is 2. The fourth-order valence-corrected chi connectivity index (χ4v) is 3.06. The Bertz CT molecular complexity index is 606. The third-order valence-corrected chi connectivity index (χ3v) is 5.27. The normalized spacial score (nSPS) is 19.4. The number of carbonyl (C=O) groups is 1. The van der Waals surface area contributed by atoms with E-state index in [-0.39, 0.29) is 6.42 Å². The van der Waals surface area contributed by atoms with Crippen LogP contribution in [0.5, 0.6) is 0 Å². The van der Waals surface area contributed by atoms with Crippen molar-refractivity contribution in [1.82, 2.24) is 0 Å². The van der Waals surface area contributed by atoms with Gasteiger partial charge >= 0.3 is 13.1 Å². The van der Waals surface area contributed by atoms with E-state index < -0.39 is 36.4 Å². The minimum Gasteiger partial charge on any atom is -0.481 e. The third-order valence-electron chi connectivity index (χ3n) is 5.27. The summed E-state index contributed by atoms with van der Waals surface area (Å²) in [4.78, 5) is 11.5. The van der Waals surface area contributed by atoms with Gasteiger partial charge in [0.2, 0.25) is 0 Å². The number of rotatable bonds is 9. The molecule has 1 unspecified atom stereocenters. The van der Waals surface area contributed by atoms with Gasteiger partial charge in [-0.1, -0.05) is 24.3 Å². The number of carboxylic acid groups (broad SMARTS) is 1. The molecular formula is C20H31BO6. The molecule has 150 valence electrons. The SMILES string of the molecule is CCOC(OCC)c1ccc(C(CC(=O)O)B2OC(C)(C)C(C)(C)O2)cc1. The van der Waals surface area contributed by atoms with Gasteiger partial charge in [-0.3, -0.25) is 4.79 Å². The molecule has 0 bridgehead atoms. The first kappa shape index (κ1) is 21.9. The average Bonchev–Trinajstić information content (AvgIpc) is 2.80. The number of hydrogen-bond acceptors (Lipinski definition) is 5. The molecule has 1 aliphatic heterocycles. The lowest BCUT2D eigenvalue weighted by molar-refractivity contribution is -0.140. The van der Waals surface area contributed by atoms with E-state index in [9.17, 15) is 9.90 Å². The van der Waals surface area contributed by atoms with Crippen LogP contribution in [0.4, 0.5) is 0 Å². The fraction of sp³-hybridized carbons (Fsp3) is 0.650. The summed E-state index contributed by atoms with van der Waals surface area (Å²) >= 11 is 0.